The molecule has 0 amide bonds. The third-order valence-corrected chi connectivity index (χ3v) is 6.52. The zero-order chi connectivity index (χ0) is 25.9. The van der Waals surface area contributed by atoms with Crippen LogP contribution in [0.2, 0.25) is 0 Å². The van der Waals surface area contributed by atoms with Crippen LogP contribution in [0.1, 0.15) is 104 Å². The second-order valence-electron chi connectivity index (χ2n) is 9.24. The van der Waals surface area contributed by atoms with Gasteiger partial charge in [0.2, 0.25) is 0 Å². The minimum atomic E-state index is 0. The molecule has 2 saturated carbocycles. The molecule has 33 heavy (non-hydrogen) atoms. The SMILES string of the molecule is CC(=NC(C)C)[N-]C(C)C.C[C]1[C](C)[C](C)[C](C)[C]1C.C[C]1[C](C)[C](C)[C](C)[C]1C.[Cl][Ru+].[Ru+2]. The predicted molar refractivity (Wildman–Crippen MR) is 142 cm³/mol. The monoisotopic (exact) mass is 650 g/mol. The topological polar surface area (TPSA) is 26.5 Å². The van der Waals surface area contributed by atoms with Crippen molar-refractivity contribution in [3.63, 3.8) is 0 Å². The summed E-state index contributed by atoms with van der Waals surface area (Å²) in [6.07, 6.45) is 0. The third kappa shape index (κ3) is 13.2. The summed E-state index contributed by atoms with van der Waals surface area (Å²) >= 11 is 1.82. The zero-order valence-corrected chi connectivity index (χ0v) is 27.9. The van der Waals surface area contributed by atoms with E-state index in [9.17, 15) is 0 Å². The number of nitrogens with zero attached hydrogens (tertiary/aromatic N) is 2. The fraction of sp³-hybridized carbons (Fsp3) is 0.607. The van der Waals surface area contributed by atoms with E-state index in [4.69, 9.17) is 0 Å². The summed E-state index contributed by atoms with van der Waals surface area (Å²) in [4.78, 5) is 4.27. The number of amidine groups is 1. The summed E-state index contributed by atoms with van der Waals surface area (Å²) in [7, 11) is 4.57. The zero-order valence-electron chi connectivity index (χ0n) is 23.6. The van der Waals surface area contributed by atoms with Gasteiger partial charge in [-0.2, -0.15) is 0 Å². The van der Waals surface area contributed by atoms with Crippen LogP contribution in [0.15, 0.2) is 4.99 Å². The van der Waals surface area contributed by atoms with Crippen LogP contribution < -0.4 is 0 Å². The molecule has 2 aliphatic carbocycles. The van der Waals surface area contributed by atoms with Crippen LogP contribution in [-0.4, -0.2) is 17.9 Å². The van der Waals surface area contributed by atoms with Gasteiger partial charge in [-0.15, -0.1) is 0 Å². The van der Waals surface area contributed by atoms with Gasteiger partial charge in [0, 0.05) is 0 Å². The first-order chi connectivity index (χ1) is 14.6. The molecular formula is C28H47ClN2Ru2+2. The molecule has 0 unspecified atom stereocenters. The molecule has 10 radical (unpaired) electrons. The molecule has 0 atom stereocenters. The van der Waals surface area contributed by atoms with Crippen LogP contribution in [-0.2, 0) is 36.8 Å². The Morgan fingerprint density at radius 2 is 0.758 bits per heavy atom. The van der Waals surface area contributed by atoms with Crippen molar-refractivity contribution in [1.82, 2.24) is 0 Å². The maximum atomic E-state index is 4.57. The molecule has 0 spiro atoms. The quantitative estimate of drug-likeness (QED) is 0.162. The Labute approximate surface area is 236 Å². The van der Waals surface area contributed by atoms with E-state index in [0.29, 0.717) is 12.1 Å². The number of hydrogen-bond donors (Lipinski definition) is 0. The van der Waals surface area contributed by atoms with Crippen LogP contribution in [0.4, 0.5) is 0 Å². The molecular weight excluding hydrogens is 602 g/mol. The van der Waals surface area contributed by atoms with Gasteiger partial charge in [0.25, 0.3) is 0 Å². The van der Waals surface area contributed by atoms with Crippen LogP contribution >= 0.6 is 9.69 Å². The summed E-state index contributed by atoms with van der Waals surface area (Å²) in [6.45, 7) is 32.2. The van der Waals surface area contributed by atoms with Crippen molar-refractivity contribution in [1.29, 1.82) is 0 Å². The Morgan fingerprint density at radius 3 is 0.879 bits per heavy atom. The smallest absolute Gasteiger partial charge is 2.00 e. The summed E-state index contributed by atoms with van der Waals surface area (Å²) in [5.74, 6) is 15.6. The first-order valence-corrected chi connectivity index (χ1v) is 13.6. The summed E-state index contributed by atoms with van der Waals surface area (Å²) in [5, 5.41) is 4.27. The normalized spacial score (nSPS) is 21.4. The average molecular weight is 649 g/mol. The average Bonchev–Trinajstić information content (AvgIpc) is 2.99. The molecule has 2 fully saturated rings. The Hall–Kier alpha value is 1.01. The van der Waals surface area contributed by atoms with E-state index in [-0.39, 0.29) is 19.5 Å². The van der Waals surface area contributed by atoms with E-state index in [1.165, 1.54) is 59.2 Å². The summed E-state index contributed by atoms with van der Waals surface area (Å²) in [5.41, 5.74) is 0. The van der Waals surface area contributed by atoms with Gasteiger partial charge in [-0.05, 0) is 78.2 Å². The van der Waals surface area contributed by atoms with Gasteiger partial charge in [0.15, 0.2) is 0 Å². The fourth-order valence-corrected chi connectivity index (χ4v) is 3.59. The van der Waals surface area contributed by atoms with Crippen LogP contribution in [0.5, 0.6) is 0 Å². The molecule has 190 valence electrons. The number of rotatable bonds is 2. The third-order valence-electron chi connectivity index (χ3n) is 6.52. The second kappa shape index (κ2) is 19.2. The Morgan fingerprint density at radius 1 is 0.576 bits per heavy atom. The van der Waals surface area contributed by atoms with Gasteiger partial charge in [-0.25, -0.2) is 0 Å². The molecule has 0 aromatic heterocycles. The molecule has 0 aliphatic heterocycles. The van der Waals surface area contributed by atoms with Crippen molar-refractivity contribution < 1.29 is 36.8 Å². The number of halogens is 1. The van der Waals surface area contributed by atoms with Gasteiger partial charge in [0.05, 0.1) is 0 Å². The Bertz CT molecular complexity index is 392. The molecule has 2 aliphatic rings. The minimum absolute atomic E-state index is 0. The molecule has 0 heterocycles. The van der Waals surface area contributed by atoms with Crippen molar-refractivity contribution in [2.75, 3.05) is 0 Å². The molecule has 0 bridgehead atoms. The molecule has 0 aromatic rings. The first kappa shape index (κ1) is 38.5. The van der Waals surface area contributed by atoms with Gasteiger partial charge in [0.1, 0.15) is 0 Å². The minimum Gasteiger partial charge on any atom is 2.00 e. The van der Waals surface area contributed by atoms with Gasteiger partial charge in [-0.1, -0.05) is 103 Å². The van der Waals surface area contributed by atoms with E-state index in [1.54, 1.807) is 0 Å². The van der Waals surface area contributed by atoms with Gasteiger partial charge >= 0.3 is 46.5 Å². The van der Waals surface area contributed by atoms with Crippen molar-refractivity contribution in [3.8, 4) is 0 Å². The Balaban J connectivity index is -0.000000388. The summed E-state index contributed by atoms with van der Waals surface area (Å²) in [6, 6.07) is 0.727. The van der Waals surface area contributed by atoms with E-state index >= 15 is 0 Å². The maximum absolute atomic E-state index is 4.57. The van der Waals surface area contributed by atoms with Gasteiger partial charge < -0.3 is 10.3 Å². The van der Waals surface area contributed by atoms with E-state index in [2.05, 4.69) is 117 Å². The number of aliphatic imine (C=N–C) groups is 1. The second-order valence-corrected chi connectivity index (χ2v) is 9.24. The largest absolute Gasteiger partial charge is 2.00 e. The first-order valence-electron chi connectivity index (χ1n) is 11.4. The molecule has 5 heteroatoms. The predicted octanol–water partition coefficient (Wildman–Crippen LogP) is 9.22. The van der Waals surface area contributed by atoms with Crippen molar-refractivity contribution >= 4 is 15.5 Å². The van der Waals surface area contributed by atoms with Crippen LogP contribution in [0.3, 0.4) is 0 Å². The molecule has 0 saturated heterocycles. The van der Waals surface area contributed by atoms with E-state index < -0.39 is 0 Å². The van der Waals surface area contributed by atoms with Crippen LogP contribution in [0, 0.1) is 59.2 Å². The fourth-order valence-electron chi connectivity index (χ4n) is 3.59. The molecule has 2 nitrogen and oxygen atoms in total. The standard InChI is InChI=1S/2C10H15.C8H17N2.ClH.2Ru/c2*1-6-7(2)9(4)10(5)8(6)3;1-6(2)9-8(5)10-7(3)4;;;/h2*1-5H3;6-7H,1-5H3;1H;;/q;;-1;;2*+2/p-1. The van der Waals surface area contributed by atoms with E-state index in [0.717, 1.165) is 5.84 Å². The van der Waals surface area contributed by atoms with Crippen molar-refractivity contribution in [2.45, 2.75) is 116 Å². The van der Waals surface area contributed by atoms with Gasteiger partial charge in [-0.3, -0.25) is 0 Å². The van der Waals surface area contributed by atoms with Crippen molar-refractivity contribution in [3.05, 3.63) is 64.5 Å². The van der Waals surface area contributed by atoms with Crippen molar-refractivity contribution in [2.24, 2.45) is 4.99 Å². The maximum Gasteiger partial charge on any atom is 2.00 e. The van der Waals surface area contributed by atoms with E-state index in [1.807, 2.05) is 24.2 Å². The molecule has 0 aromatic carbocycles. The molecule has 0 N–H and O–H groups in total. The number of hydrogen-bond acceptors (Lipinski definition) is 1. The summed E-state index contributed by atoms with van der Waals surface area (Å²) < 4.78 is 0. The Kier molecular flexibility index (Phi) is 22.4. The van der Waals surface area contributed by atoms with Crippen LogP contribution in [0.25, 0.3) is 5.32 Å². The molecule has 2 rings (SSSR count).